The molecule has 186 valence electrons. The molecule has 0 radical (unpaired) electrons. The minimum Gasteiger partial charge on any atom is -0.349 e. The molecule has 3 aromatic rings. The Morgan fingerprint density at radius 3 is 2.05 bits per heavy atom. The van der Waals surface area contributed by atoms with E-state index < -0.39 is 46.9 Å². The molecule has 2 saturated heterocycles. The predicted molar refractivity (Wildman–Crippen MR) is 138 cm³/mol. The highest BCUT2D eigenvalue weighted by molar-refractivity contribution is 6.37. The number of hydrogen-bond acceptors (Lipinski definition) is 5. The number of aryl methyl sites for hydroxylation is 1. The molecule has 6 rings (SSSR count). The van der Waals surface area contributed by atoms with Crippen molar-refractivity contribution < 1.29 is 23.9 Å². The first-order chi connectivity index (χ1) is 17.7. The van der Waals surface area contributed by atoms with Crippen molar-refractivity contribution in [2.45, 2.75) is 38.4 Å². The van der Waals surface area contributed by atoms with Crippen LogP contribution in [0.25, 0.3) is 0 Å². The number of carbonyl (C=O) groups is 4. The van der Waals surface area contributed by atoms with Gasteiger partial charge in [0.1, 0.15) is 0 Å². The van der Waals surface area contributed by atoms with Gasteiger partial charge in [-0.2, -0.15) is 0 Å². The molecule has 0 N–H and O–H groups in total. The highest BCUT2D eigenvalue weighted by atomic mass is 35.5. The number of ether oxygens (including phenoxy) is 1. The molecule has 37 heavy (non-hydrogen) atoms. The van der Waals surface area contributed by atoms with E-state index in [1.54, 1.807) is 42.5 Å². The molecule has 7 heteroatoms. The third-order valence-corrected chi connectivity index (χ3v) is 8.27. The van der Waals surface area contributed by atoms with Crippen LogP contribution in [-0.4, -0.2) is 29.0 Å². The maximum atomic E-state index is 14.0. The Balaban J connectivity index is 1.52. The first-order valence-corrected chi connectivity index (χ1v) is 12.6. The summed E-state index contributed by atoms with van der Waals surface area (Å²) in [5, 5.41) is 0.405. The van der Waals surface area contributed by atoms with Crippen molar-refractivity contribution in [3.8, 4) is 0 Å². The van der Waals surface area contributed by atoms with Crippen LogP contribution in [0.5, 0.6) is 0 Å². The SMILES string of the molecule is Cc1ccc(N2C(=O)[C@H]3[C@@H](C2=O)C2(O[C@H]3c3ccc(C(C)C)cc3)C(=O)c3ccccc3C2=O)cc1Cl. The van der Waals surface area contributed by atoms with Gasteiger partial charge in [-0.15, -0.1) is 0 Å². The molecule has 0 unspecified atom stereocenters. The second-order valence-corrected chi connectivity index (χ2v) is 10.7. The Labute approximate surface area is 219 Å². The molecule has 0 saturated carbocycles. The molecule has 2 amide bonds. The third-order valence-electron chi connectivity index (χ3n) is 7.86. The molecule has 1 spiro atoms. The fourth-order valence-electron chi connectivity index (χ4n) is 5.86. The van der Waals surface area contributed by atoms with Crippen molar-refractivity contribution in [3.63, 3.8) is 0 Å². The Morgan fingerprint density at radius 2 is 1.49 bits per heavy atom. The lowest BCUT2D eigenvalue weighted by molar-refractivity contribution is -0.127. The maximum absolute atomic E-state index is 14.0. The van der Waals surface area contributed by atoms with Gasteiger partial charge >= 0.3 is 0 Å². The number of hydrogen-bond donors (Lipinski definition) is 0. The highest BCUT2D eigenvalue weighted by Crippen LogP contribution is 2.57. The van der Waals surface area contributed by atoms with Gasteiger partial charge in [-0.25, -0.2) is 4.90 Å². The lowest BCUT2D eigenvalue weighted by atomic mass is 9.77. The topological polar surface area (TPSA) is 80.8 Å². The van der Waals surface area contributed by atoms with Crippen LogP contribution in [0.4, 0.5) is 5.69 Å². The molecule has 3 atom stereocenters. The van der Waals surface area contributed by atoms with E-state index in [9.17, 15) is 19.2 Å². The quantitative estimate of drug-likeness (QED) is 0.343. The summed E-state index contributed by atoms with van der Waals surface area (Å²) in [5.41, 5.74) is 1.16. The van der Waals surface area contributed by atoms with Gasteiger partial charge in [0, 0.05) is 16.1 Å². The number of benzene rings is 3. The zero-order valence-electron chi connectivity index (χ0n) is 20.5. The minimum absolute atomic E-state index is 0.208. The van der Waals surface area contributed by atoms with E-state index in [4.69, 9.17) is 16.3 Å². The number of fused-ring (bicyclic) bond motifs is 3. The number of halogens is 1. The van der Waals surface area contributed by atoms with E-state index in [-0.39, 0.29) is 11.1 Å². The summed E-state index contributed by atoms with van der Waals surface area (Å²) in [6.07, 6.45) is -0.948. The van der Waals surface area contributed by atoms with Crippen molar-refractivity contribution in [1.29, 1.82) is 0 Å². The largest absolute Gasteiger partial charge is 0.349 e. The minimum atomic E-state index is -2.09. The van der Waals surface area contributed by atoms with Gasteiger partial charge in [-0.05, 0) is 41.7 Å². The van der Waals surface area contributed by atoms with E-state index in [1.807, 2.05) is 31.2 Å². The maximum Gasteiger partial charge on any atom is 0.241 e. The molecule has 2 heterocycles. The molecule has 0 aromatic heterocycles. The number of ketones is 2. The third kappa shape index (κ3) is 3.15. The average Bonchev–Trinajstić information content (AvgIpc) is 3.46. The van der Waals surface area contributed by atoms with Gasteiger partial charge < -0.3 is 4.74 Å². The van der Waals surface area contributed by atoms with Crippen LogP contribution in [0, 0.1) is 18.8 Å². The van der Waals surface area contributed by atoms with Crippen LogP contribution >= 0.6 is 11.6 Å². The van der Waals surface area contributed by atoms with Gasteiger partial charge in [0.05, 0.1) is 23.6 Å². The molecule has 1 aliphatic carbocycles. The molecular weight excluding hydrogens is 490 g/mol. The summed E-state index contributed by atoms with van der Waals surface area (Å²) < 4.78 is 6.34. The fraction of sp³-hybridized carbons (Fsp3) is 0.267. The van der Waals surface area contributed by atoms with Crippen LogP contribution in [0.1, 0.15) is 63.3 Å². The van der Waals surface area contributed by atoms with E-state index in [2.05, 4.69) is 13.8 Å². The highest BCUT2D eigenvalue weighted by Gasteiger charge is 2.74. The lowest BCUT2D eigenvalue weighted by Crippen LogP contribution is -2.51. The summed E-state index contributed by atoms with van der Waals surface area (Å²) >= 11 is 6.32. The zero-order chi connectivity index (χ0) is 26.2. The van der Waals surface area contributed by atoms with Gasteiger partial charge in [-0.3, -0.25) is 19.2 Å². The number of rotatable bonds is 3. The van der Waals surface area contributed by atoms with Gasteiger partial charge in [0.15, 0.2) is 0 Å². The summed E-state index contributed by atoms with van der Waals surface area (Å²) in [6, 6.07) is 18.9. The summed E-state index contributed by atoms with van der Waals surface area (Å²) in [6.45, 7) is 5.97. The number of Topliss-reactive ketones (excluding diaryl/α,β-unsaturated/α-hetero) is 2. The monoisotopic (exact) mass is 513 g/mol. The molecular formula is C30H24ClNO5. The second-order valence-electron chi connectivity index (χ2n) is 10.2. The van der Waals surface area contributed by atoms with Crippen LogP contribution in [0.2, 0.25) is 5.02 Å². The summed E-state index contributed by atoms with van der Waals surface area (Å²) in [7, 11) is 0. The molecule has 3 aliphatic rings. The van der Waals surface area contributed by atoms with Crippen LogP contribution < -0.4 is 4.90 Å². The number of amides is 2. The van der Waals surface area contributed by atoms with Crippen LogP contribution in [0.15, 0.2) is 66.7 Å². The van der Waals surface area contributed by atoms with E-state index in [0.29, 0.717) is 22.2 Å². The van der Waals surface area contributed by atoms with Gasteiger partial charge in [-0.1, -0.05) is 80.0 Å². The average molecular weight is 514 g/mol. The van der Waals surface area contributed by atoms with Gasteiger partial charge in [0.2, 0.25) is 29.0 Å². The van der Waals surface area contributed by atoms with E-state index in [1.165, 1.54) is 0 Å². The fourth-order valence-corrected chi connectivity index (χ4v) is 6.04. The Morgan fingerprint density at radius 1 is 0.865 bits per heavy atom. The summed E-state index contributed by atoms with van der Waals surface area (Å²) in [4.78, 5) is 56.7. The standard InChI is InChI=1S/C30H24ClNO5/c1-15(2)17-9-11-18(12-10-17)25-23-24(29(36)32(28(23)35)19-13-8-16(3)22(31)14-19)30(37-25)26(33)20-6-4-5-7-21(20)27(30)34/h4-15,23-25H,1-3H3/t23-,24-,25-/m0/s1. The molecule has 0 bridgehead atoms. The molecule has 2 aliphatic heterocycles. The zero-order valence-corrected chi connectivity index (χ0v) is 21.3. The van der Waals surface area contributed by atoms with E-state index >= 15 is 0 Å². The molecule has 3 aromatic carbocycles. The number of imide groups is 1. The second kappa shape index (κ2) is 8.20. The first-order valence-electron chi connectivity index (χ1n) is 12.3. The van der Waals surface area contributed by atoms with Crippen LogP contribution in [-0.2, 0) is 14.3 Å². The summed E-state index contributed by atoms with van der Waals surface area (Å²) in [5.74, 6) is -4.33. The Hall–Kier alpha value is -3.61. The van der Waals surface area contributed by atoms with E-state index in [0.717, 1.165) is 16.0 Å². The lowest BCUT2D eigenvalue weighted by Gasteiger charge is -2.27. The Kier molecular flexibility index (Phi) is 5.27. The van der Waals surface area contributed by atoms with Crippen molar-refractivity contribution in [3.05, 3.63) is 99.6 Å². The van der Waals surface area contributed by atoms with Crippen molar-refractivity contribution in [2.75, 3.05) is 4.90 Å². The van der Waals surface area contributed by atoms with Gasteiger partial charge in [0.25, 0.3) is 0 Å². The van der Waals surface area contributed by atoms with Crippen molar-refractivity contribution in [1.82, 2.24) is 0 Å². The number of anilines is 1. The molecule has 2 fully saturated rings. The van der Waals surface area contributed by atoms with Crippen molar-refractivity contribution in [2.24, 2.45) is 11.8 Å². The normalized spacial score (nSPS) is 23.9. The Bertz CT molecular complexity index is 1470. The smallest absolute Gasteiger partial charge is 0.241 e. The first kappa shape index (κ1) is 23.8. The number of carbonyl (C=O) groups excluding carboxylic acids is 4. The predicted octanol–water partition coefficient (Wildman–Crippen LogP) is 5.47. The number of nitrogens with zero attached hydrogens (tertiary/aromatic N) is 1. The van der Waals surface area contributed by atoms with Crippen LogP contribution in [0.3, 0.4) is 0 Å². The molecule has 6 nitrogen and oxygen atoms in total. The van der Waals surface area contributed by atoms with Crippen molar-refractivity contribution >= 4 is 40.7 Å².